The van der Waals surface area contributed by atoms with Gasteiger partial charge in [0, 0.05) is 44.9 Å². The van der Waals surface area contributed by atoms with Gasteiger partial charge < -0.3 is 4.90 Å². The highest BCUT2D eigenvalue weighted by Gasteiger charge is 2.19. The van der Waals surface area contributed by atoms with E-state index in [1.54, 1.807) is 6.07 Å². The van der Waals surface area contributed by atoms with Crippen molar-refractivity contribution in [1.29, 1.82) is 0 Å². The Balaban J connectivity index is 2.07. The summed E-state index contributed by atoms with van der Waals surface area (Å²) < 4.78 is 0. The lowest BCUT2D eigenvalue weighted by Crippen LogP contribution is -2.46. The zero-order valence-electron chi connectivity index (χ0n) is 10.6. The van der Waals surface area contributed by atoms with Crippen molar-refractivity contribution in [3.63, 3.8) is 0 Å². The summed E-state index contributed by atoms with van der Waals surface area (Å²) in [4.78, 5) is 14.7. The number of nitro groups is 1. The molecular formula is C13H16ClN3O2. The monoisotopic (exact) mass is 281 g/mol. The van der Waals surface area contributed by atoms with Crippen LogP contribution in [0.3, 0.4) is 0 Å². The van der Waals surface area contributed by atoms with E-state index in [0.717, 1.165) is 38.4 Å². The van der Waals surface area contributed by atoms with E-state index in [0.29, 0.717) is 5.02 Å². The molecule has 0 saturated carbocycles. The number of halogens is 1. The van der Waals surface area contributed by atoms with E-state index in [4.69, 9.17) is 11.6 Å². The lowest BCUT2D eigenvalue weighted by molar-refractivity contribution is -0.384. The van der Waals surface area contributed by atoms with Crippen LogP contribution in [-0.2, 0) is 0 Å². The molecule has 5 nitrogen and oxygen atoms in total. The maximum atomic E-state index is 10.7. The third kappa shape index (κ3) is 3.24. The summed E-state index contributed by atoms with van der Waals surface area (Å²) in [7, 11) is 0. The van der Waals surface area contributed by atoms with Gasteiger partial charge in [-0.2, -0.15) is 0 Å². The molecule has 1 heterocycles. The molecule has 0 amide bonds. The molecule has 6 heteroatoms. The van der Waals surface area contributed by atoms with E-state index in [2.05, 4.69) is 16.4 Å². The van der Waals surface area contributed by atoms with Gasteiger partial charge in [0.05, 0.1) is 15.6 Å². The molecule has 0 spiro atoms. The smallest absolute Gasteiger partial charge is 0.271 e. The highest BCUT2D eigenvalue weighted by atomic mass is 35.5. The van der Waals surface area contributed by atoms with Crippen LogP contribution in [0.25, 0.3) is 0 Å². The van der Waals surface area contributed by atoms with Crippen molar-refractivity contribution >= 4 is 23.0 Å². The first kappa shape index (κ1) is 13.8. The molecule has 1 aliphatic rings. The zero-order valence-corrected chi connectivity index (χ0v) is 11.3. The van der Waals surface area contributed by atoms with Gasteiger partial charge in [-0.1, -0.05) is 17.7 Å². The quantitative estimate of drug-likeness (QED) is 0.483. The van der Waals surface area contributed by atoms with Crippen molar-refractivity contribution in [3.05, 3.63) is 46.0 Å². The number of anilines is 1. The number of benzene rings is 1. The first-order valence-corrected chi connectivity index (χ1v) is 6.51. The predicted molar refractivity (Wildman–Crippen MR) is 77.0 cm³/mol. The van der Waals surface area contributed by atoms with Gasteiger partial charge in [-0.15, -0.1) is 6.58 Å². The topological polar surface area (TPSA) is 49.6 Å². The molecule has 0 N–H and O–H groups in total. The minimum atomic E-state index is -0.433. The Morgan fingerprint density at radius 1 is 1.37 bits per heavy atom. The van der Waals surface area contributed by atoms with Crippen LogP contribution in [0.2, 0.25) is 5.02 Å². The normalized spacial score (nSPS) is 16.4. The largest absolute Gasteiger partial charge is 0.368 e. The number of hydrogen-bond acceptors (Lipinski definition) is 4. The number of rotatable bonds is 4. The van der Waals surface area contributed by atoms with Crippen LogP contribution in [-0.4, -0.2) is 42.5 Å². The average Bonchev–Trinajstić information content (AvgIpc) is 2.40. The Hall–Kier alpha value is -1.59. The fraction of sp³-hybridized carbons (Fsp3) is 0.385. The number of nitro benzene ring substituents is 1. The molecule has 102 valence electrons. The van der Waals surface area contributed by atoms with Gasteiger partial charge in [0.25, 0.3) is 5.69 Å². The summed E-state index contributed by atoms with van der Waals surface area (Å²) in [6.07, 6.45) is 1.90. The third-order valence-corrected chi connectivity index (χ3v) is 3.55. The molecule has 0 atom stereocenters. The molecule has 0 aliphatic carbocycles. The Morgan fingerprint density at radius 2 is 2.05 bits per heavy atom. The van der Waals surface area contributed by atoms with Crippen molar-refractivity contribution in [2.45, 2.75) is 0 Å². The van der Waals surface area contributed by atoms with Gasteiger partial charge >= 0.3 is 0 Å². The van der Waals surface area contributed by atoms with Crippen LogP contribution in [0.1, 0.15) is 0 Å². The highest BCUT2D eigenvalue weighted by Crippen LogP contribution is 2.30. The van der Waals surface area contributed by atoms with Crippen LogP contribution in [0, 0.1) is 10.1 Å². The van der Waals surface area contributed by atoms with Gasteiger partial charge in [0.2, 0.25) is 0 Å². The number of piperazine rings is 1. The average molecular weight is 282 g/mol. The fourth-order valence-corrected chi connectivity index (χ4v) is 2.51. The Kier molecular flexibility index (Phi) is 4.39. The predicted octanol–water partition coefficient (Wildman–Crippen LogP) is 2.56. The second kappa shape index (κ2) is 6.04. The maximum absolute atomic E-state index is 10.7. The summed E-state index contributed by atoms with van der Waals surface area (Å²) in [5.41, 5.74) is 0.893. The molecule has 1 saturated heterocycles. The molecule has 19 heavy (non-hydrogen) atoms. The molecule has 0 radical (unpaired) electrons. The van der Waals surface area contributed by atoms with Crippen LogP contribution < -0.4 is 4.90 Å². The summed E-state index contributed by atoms with van der Waals surface area (Å²) in [5.74, 6) is 0. The lowest BCUT2D eigenvalue weighted by Gasteiger charge is -2.35. The number of non-ortho nitro benzene ring substituents is 1. The van der Waals surface area contributed by atoms with E-state index < -0.39 is 4.92 Å². The number of hydrogen-bond donors (Lipinski definition) is 0. The zero-order chi connectivity index (χ0) is 13.8. The van der Waals surface area contributed by atoms with E-state index in [-0.39, 0.29) is 5.69 Å². The number of nitrogens with zero attached hydrogens (tertiary/aromatic N) is 3. The molecule has 1 aromatic rings. The summed E-state index contributed by atoms with van der Waals surface area (Å²) in [5, 5.41) is 11.1. The van der Waals surface area contributed by atoms with Gasteiger partial charge in [-0.25, -0.2) is 0 Å². The molecular weight excluding hydrogens is 266 g/mol. The molecule has 0 aromatic heterocycles. The van der Waals surface area contributed by atoms with Crippen molar-refractivity contribution in [1.82, 2.24) is 4.90 Å². The van der Waals surface area contributed by atoms with Crippen molar-refractivity contribution in [2.75, 3.05) is 37.6 Å². The molecule has 1 aromatic carbocycles. The molecule has 2 rings (SSSR count). The summed E-state index contributed by atoms with van der Waals surface area (Å²) >= 11 is 6.13. The van der Waals surface area contributed by atoms with E-state index in [1.165, 1.54) is 12.1 Å². The first-order chi connectivity index (χ1) is 9.11. The molecule has 1 aliphatic heterocycles. The SMILES string of the molecule is C=CCN1CCN(c2ccc([N+](=O)[O-])cc2Cl)CC1. The van der Waals surface area contributed by atoms with E-state index in [1.807, 2.05) is 6.08 Å². The minimum absolute atomic E-state index is 0.0269. The van der Waals surface area contributed by atoms with Gasteiger partial charge in [-0.05, 0) is 6.07 Å². The van der Waals surface area contributed by atoms with E-state index >= 15 is 0 Å². The van der Waals surface area contributed by atoms with Gasteiger partial charge in [0.15, 0.2) is 0 Å². The van der Waals surface area contributed by atoms with Crippen molar-refractivity contribution in [2.24, 2.45) is 0 Å². The summed E-state index contributed by atoms with van der Waals surface area (Å²) in [6, 6.07) is 4.63. The molecule has 0 unspecified atom stereocenters. The van der Waals surface area contributed by atoms with Crippen LogP contribution in [0.5, 0.6) is 0 Å². The first-order valence-electron chi connectivity index (χ1n) is 6.14. The standard InChI is InChI=1S/C13H16ClN3O2/c1-2-5-15-6-8-16(9-7-15)13-4-3-11(17(18)19)10-12(13)14/h2-4,10H,1,5-9H2. The maximum Gasteiger partial charge on any atom is 0.271 e. The van der Waals surface area contributed by atoms with Crippen LogP contribution in [0.4, 0.5) is 11.4 Å². The Morgan fingerprint density at radius 3 is 2.58 bits per heavy atom. The minimum Gasteiger partial charge on any atom is -0.368 e. The van der Waals surface area contributed by atoms with Crippen LogP contribution in [0.15, 0.2) is 30.9 Å². The third-order valence-electron chi connectivity index (χ3n) is 3.24. The van der Waals surface area contributed by atoms with Crippen LogP contribution >= 0.6 is 11.6 Å². The van der Waals surface area contributed by atoms with Crippen molar-refractivity contribution < 1.29 is 4.92 Å². The Bertz CT molecular complexity index is 485. The molecule has 0 bridgehead atoms. The van der Waals surface area contributed by atoms with Gasteiger partial charge in [-0.3, -0.25) is 15.0 Å². The lowest BCUT2D eigenvalue weighted by atomic mass is 10.2. The van der Waals surface area contributed by atoms with Crippen molar-refractivity contribution in [3.8, 4) is 0 Å². The second-order valence-corrected chi connectivity index (χ2v) is 4.88. The highest BCUT2D eigenvalue weighted by molar-refractivity contribution is 6.33. The Labute approximate surface area is 117 Å². The summed E-state index contributed by atoms with van der Waals surface area (Å²) in [6.45, 7) is 8.24. The molecule has 1 fully saturated rings. The van der Waals surface area contributed by atoms with E-state index in [9.17, 15) is 10.1 Å². The second-order valence-electron chi connectivity index (χ2n) is 4.47. The van der Waals surface area contributed by atoms with Gasteiger partial charge in [0.1, 0.15) is 0 Å². The fourth-order valence-electron chi connectivity index (χ4n) is 2.22.